The van der Waals surface area contributed by atoms with Crippen molar-refractivity contribution in [3.05, 3.63) is 32.8 Å². The fourth-order valence-corrected chi connectivity index (χ4v) is 2.88. The highest BCUT2D eigenvalue weighted by Gasteiger charge is 2.13. The first-order valence-electron chi connectivity index (χ1n) is 7.14. The molecule has 1 amide bonds. The van der Waals surface area contributed by atoms with Crippen molar-refractivity contribution in [1.82, 2.24) is 14.9 Å². The molecule has 1 heterocycles. The summed E-state index contributed by atoms with van der Waals surface area (Å²) < 4.78 is 13.6. The van der Waals surface area contributed by atoms with Crippen LogP contribution in [0.3, 0.4) is 0 Å². The second kappa shape index (κ2) is 8.15. The fraction of sp³-hybridized carbons (Fsp3) is 0.357. The van der Waals surface area contributed by atoms with Gasteiger partial charge in [0.05, 0.1) is 18.1 Å². The van der Waals surface area contributed by atoms with Gasteiger partial charge in [0, 0.05) is 6.42 Å². The Morgan fingerprint density at radius 3 is 2.92 bits per heavy atom. The third-order valence-corrected chi connectivity index (χ3v) is 4.01. The molecule has 4 N–H and O–H groups in total. The summed E-state index contributed by atoms with van der Waals surface area (Å²) in [7, 11) is 1.53. The molecule has 130 valence electrons. The highest BCUT2D eigenvalue weighted by atomic mass is 79.9. The topological polar surface area (TPSA) is 107 Å². The first-order chi connectivity index (χ1) is 11.5. The van der Waals surface area contributed by atoms with E-state index in [1.165, 1.54) is 7.11 Å². The van der Waals surface area contributed by atoms with Crippen molar-refractivity contribution >= 4 is 34.1 Å². The molecule has 0 aliphatic carbocycles. The van der Waals surface area contributed by atoms with Crippen molar-refractivity contribution in [3.63, 3.8) is 0 Å². The summed E-state index contributed by atoms with van der Waals surface area (Å²) in [6.45, 7) is 2.26. The molecule has 0 fully saturated rings. The molecule has 0 radical (unpaired) electrons. The molecule has 0 saturated carbocycles. The van der Waals surface area contributed by atoms with E-state index in [2.05, 4.69) is 31.6 Å². The number of hydrogen-bond donors (Lipinski definition) is 3. The van der Waals surface area contributed by atoms with Crippen LogP contribution in [-0.2, 0) is 17.8 Å². The number of benzene rings is 1. The molecule has 0 spiro atoms. The normalized spacial score (nSPS) is 10.5. The Morgan fingerprint density at radius 1 is 1.54 bits per heavy atom. The van der Waals surface area contributed by atoms with E-state index in [1.807, 2.05) is 19.1 Å². The molecule has 0 saturated heterocycles. The zero-order valence-corrected chi connectivity index (χ0v) is 15.7. The minimum Gasteiger partial charge on any atom is -0.493 e. The molecule has 8 nitrogen and oxygen atoms in total. The minimum atomic E-state index is -0.559. The molecule has 2 rings (SSSR count). The summed E-state index contributed by atoms with van der Waals surface area (Å²) in [6, 6.07) is 3.67. The van der Waals surface area contributed by atoms with Crippen molar-refractivity contribution in [2.45, 2.75) is 19.9 Å². The molecule has 24 heavy (non-hydrogen) atoms. The number of aromatic amines is 1. The standard InChI is InChI=1S/C14H18BrN5O3S/c1-3-12-18-19-14(24)20(12)17-6-8-4-9(15)13(10(5-8)22-2)23-7-11(16)21/h4-5,17H,3,6-7H2,1-2H3,(H2,16,21)(H,19,24). The highest BCUT2D eigenvalue weighted by Crippen LogP contribution is 2.36. The summed E-state index contributed by atoms with van der Waals surface area (Å²) in [5.41, 5.74) is 9.23. The number of primary amides is 1. The summed E-state index contributed by atoms with van der Waals surface area (Å²) >= 11 is 8.61. The SMILES string of the molecule is CCc1n[nH]c(=S)n1NCc1cc(Br)c(OCC(N)=O)c(OC)c1. The van der Waals surface area contributed by atoms with Gasteiger partial charge in [0.15, 0.2) is 23.9 Å². The number of amides is 1. The van der Waals surface area contributed by atoms with Crippen LogP contribution >= 0.6 is 28.1 Å². The Labute approximate surface area is 152 Å². The summed E-state index contributed by atoms with van der Waals surface area (Å²) in [6.07, 6.45) is 0.743. The molecule has 0 aliphatic heterocycles. The number of rotatable bonds is 8. The van der Waals surface area contributed by atoms with Gasteiger partial charge in [-0.05, 0) is 45.8 Å². The molecular formula is C14H18BrN5O3S. The predicted molar refractivity (Wildman–Crippen MR) is 95.2 cm³/mol. The van der Waals surface area contributed by atoms with Crippen LogP contribution in [0.1, 0.15) is 18.3 Å². The van der Waals surface area contributed by atoms with Gasteiger partial charge in [0.25, 0.3) is 5.91 Å². The van der Waals surface area contributed by atoms with Gasteiger partial charge in [-0.1, -0.05) is 6.92 Å². The lowest BCUT2D eigenvalue weighted by Gasteiger charge is -2.15. The highest BCUT2D eigenvalue weighted by molar-refractivity contribution is 9.10. The van der Waals surface area contributed by atoms with Crippen LogP contribution in [0.2, 0.25) is 0 Å². The van der Waals surface area contributed by atoms with Gasteiger partial charge in [-0.25, -0.2) is 4.68 Å². The van der Waals surface area contributed by atoms with Crippen LogP contribution in [0, 0.1) is 4.77 Å². The van der Waals surface area contributed by atoms with Crippen LogP contribution in [0.4, 0.5) is 0 Å². The number of nitrogens with one attached hydrogen (secondary N) is 2. The Bertz CT molecular complexity index is 789. The second-order valence-corrected chi connectivity index (χ2v) is 6.07. The van der Waals surface area contributed by atoms with Gasteiger partial charge in [0.2, 0.25) is 4.77 Å². The van der Waals surface area contributed by atoms with Gasteiger partial charge in [-0.2, -0.15) is 5.10 Å². The lowest BCUT2D eigenvalue weighted by atomic mass is 10.2. The van der Waals surface area contributed by atoms with E-state index in [0.717, 1.165) is 17.8 Å². The largest absolute Gasteiger partial charge is 0.493 e. The Morgan fingerprint density at radius 2 is 2.29 bits per heavy atom. The molecule has 0 atom stereocenters. The van der Waals surface area contributed by atoms with Crippen molar-refractivity contribution in [2.24, 2.45) is 5.73 Å². The average molecular weight is 416 g/mol. The van der Waals surface area contributed by atoms with Crippen molar-refractivity contribution < 1.29 is 14.3 Å². The number of carbonyl (C=O) groups is 1. The van der Waals surface area contributed by atoms with Gasteiger partial charge < -0.3 is 20.6 Å². The number of aryl methyl sites for hydroxylation is 1. The Kier molecular flexibility index (Phi) is 6.21. The smallest absolute Gasteiger partial charge is 0.255 e. The van der Waals surface area contributed by atoms with Crippen LogP contribution in [-0.4, -0.2) is 34.5 Å². The number of H-pyrrole nitrogens is 1. The summed E-state index contributed by atoms with van der Waals surface area (Å²) in [5.74, 6) is 1.17. The molecular weight excluding hydrogens is 398 g/mol. The van der Waals surface area contributed by atoms with Gasteiger partial charge in [-0.15, -0.1) is 0 Å². The summed E-state index contributed by atoms with van der Waals surface area (Å²) in [5, 5.41) is 6.89. The van der Waals surface area contributed by atoms with E-state index in [9.17, 15) is 4.79 Å². The Hall–Kier alpha value is -2.07. The maximum Gasteiger partial charge on any atom is 0.255 e. The van der Waals surface area contributed by atoms with E-state index in [-0.39, 0.29) is 6.61 Å². The zero-order valence-electron chi connectivity index (χ0n) is 13.3. The van der Waals surface area contributed by atoms with Crippen LogP contribution in [0.5, 0.6) is 11.5 Å². The number of nitrogens with zero attached hydrogens (tertiary/aromatic N) is 2. The maximum atomic E-state index is 10.9. The van der Waals surface area contributed by atoms with E-state index in [4.69, 9.17) is 27.4 Å². The van der Waals surface area contributed by atoms with Gasteiger partial charge >= 0.3 is 0 Å². The van der Waals surface area contributed by atoms with Crippen LogP contribution in [0.25, 0.3) is 0 Å². The lowest BCUT2D eigenvalue weighted by molar-refractivity contribution is -0.119. The zero-order chi connectivity index (χ0) is 17.7. The molecule has 1 aromatic heterocycles. The van der Waals surface area contributed by atoms with E-state index in [0.29, 0.717) is 27.3 Å². The number of ether oxygens (including phenoxy) is 2. The Balaban J connectivity index is 2.19. The predicted octanol–water partition coefficient (Wildman–Crippen LogP) is 1.88. The third-order valence-electron chi connectivity index (χ3n) is 3.15. The first-order valence-corrected chi connectivity index (χ1v) is 8.34. The van der Waals surface area contributed by atoms with Crippen LogP contribution in [0.15, 0.2) is 16.6 Å². The van der Waals surface area contributed by atoms with Gasteiger partial charge in [0.1, 0.15) is 0 Å². The molecule has 0 bridgehead atoms. The fourth-order valence-electron chi connectivity index (χ4n) is 2.06. The van der Waals surface area contributed by atoms with Crippen molar-refractivity contribution in [3.8, 4) is 11.5 Å². The van der Waals surface area contributed by atoms with Gasteiger partial charge in [-0.3, -0.25) is 9.89 Å². The second-order valence-electron chi connectivity index (χ2n) is 4.83. The number of nitrogens with two attached hydrogens (primary N) is 1. The lowest BCUT2D eigenvalue weighted by Crippen LogP contribution is -2.20. The number of methoxy groups -OCH3 is 1. The maximum absolute atomic E-state index is 10.9. The summed E-state index contributed by atoms with van der Waals surface area (Å²) in [4.78, 5) is 10.9. The number of carbonyl (C=O) groups excluding carboxylic acids is 1. The van der Waals surface area contributed by atoms with E-state index >= 15 is 0 Å². The third kappa shape index (κ3) is 4.26. The molecule has 10 heteroatoms. The molecule has 2 aromatic rings. The quantitative estimate of drug-likeness (QED) is 0.568. The monoisotopic (exact) mass is 415 g/mol. The van der Waals surface area contributed by atoms with Crippen LogP contribution < -0.4 is 20.6 Å². The minimum absolute atomic E-state index is 0.226. The number of aromatic nitrogens is 3. The van der Waals surface area contributed by atoms with Crippen molar-refractivity contribution in [1.29, 1.82) is 0 Å². The van der Waals surface area contributed by atoms with E-state index in [1.54, 1.807) is 4.68 Å². The number of halogens is 1. The molecule has 0 aliphatic rings. The molecule has 1 aromatic carbocycles. The molecule has 0 unspecified atom stereocenters. The first kappa shape index (κ1) is 18.3. The van der Waals surface area contributed by atoms with E-state index < -0.39 is 5.91 Å². The number of hydrogen-bond acceptors (Lipinski definition) is 6. The van der Waals surface area contributed by atoms with Crippen molar-refractivity contribution in [2.75, 3.05) is 19.1 Å². The average Bonchev–Trinajstić information content (AvgIpc) is 2.91.